The van der Waals surface area contributed by atoms with Crippen molar-refractivity contribution in [3.05, 3.63) is 51.2 Å². The summed E-state index contributed by atoms with van der Waals surface area (Å²) in [6, 6.07) is 7.02. The van der Waals surface area contributed by atoms with Gasteiger partial charge in [-0.15, -0.1) is 11.3 Å². The highest BCUT2D eigenvalue weighted by atomic mass is 32.1. The van der Waals surface area contributed by atoms with Gasteiger partial charge in [-0.3, -0.25) is 4.79 Å². The molecule has 1 aliphatic heterocycles. The maximum Gasteiger partial charge on any atom is 0.490 e. The van der Waals surface area contributed by atoms with E-state index in [1.54, 1.807) is 18.2 Å². The highest BCUT2D eigenvalue weighted by Gasteiger charge is 2.38. The Hall–Kier alpha value is -4.09. The first-order valence-electron chi connectivity index (χ1n) is 10.2. The largest absolute Gasteiger partial charge is 0.490 e. The molecule has 10 nitrogen and oxygen atoms in total. The van der Waals surface area contributed by atoms with Crippen LogP contribution in [0.1, 0.15) is 43.3 Å². The third-order valence-electron chi connectivity index (χ3n) is 4.53. The summed E-state index contributed by atoms with van der Waals surface area (Å²) in [5, 5.41) is 24.7. The Morgan fingerprint density at radius 1 is 1.11 bits per heavy atom. The normalized spacial score (nSPS) is 14.8. The molecule has 0 unspecified atom stereocenters. The Labute approximate surface area is 206 Å². The van der Waals surface area contributed by atoms with Gasteiger partial charge in [-0.05, 0) is 49.7 Å². The van der Waals surface area contributed by atoms with Crippen molar-refractivity contribution in [3.8, 4) is 11.8 Å². The number of hydrogen-bond donors (Lipinski definition) is 6. The highest BCUT2D eigenvalue weighted by molar-refractivity contribution is 7.15. The first kappa shape index (κ1) is 28.1. The Kier molecular flexibility index (Phi) is 9.83. The minimum absolute atomic E-state index is 0.0297. The molecule has 3 rings (SSSR count). The van der Waals surface area contributed by atoms with E-state index in [-0.39, 0.29) is 17.5 Å². The minimum Gasteiger partial charge on any atom is -0.478 e. The van der Waals surface area contributed by atoms with Crippen molar-refractivity contribution in [2.75, 3.05) is 18.4 Å². The maximum absolute atomic E-state index is 12.7. The van der Waals surface area contributed by atoms with E-state index in [0.717, 1.165) is 30.7 Å². The molecule has 192 valence electrons. The lowest BCUT2D eigenvalue weighted by atomic mass is 10.1. The number of carbonyl (C=O) groups is 4. The molecule has 36 heavy (non-hydrogen) atoms. The number of benzene rings is 1. The molecule has 0 aliphatic carbocycles. The average Bonchev–Trinajstić information content (AvgIpc) is 3.20. The third-order valence-corrected chi connectivity index (χ3v) is 5.58. The summed E-state index contributed by atoms with van der Waals surface area (Å²) < 4.78 is 31.7. The average molecular weight is 526 g/mol. The second-order valence-electron chi connectivity index (χ2n) is 7.29. The topological polar surface area (TPSA) is 171 Å². The van der Waals surface area contributed by atoms with E-state index in [9.17, 15) is 27.6 Å². The number of amides is 3. The zero-order chi connectivity index (χ0) is 26.9. The van der Waals surface area contributed by atoms with Crippen molar-refractivity contribution in [1.82, 2.24) is 10.6 Å². The monoisotopic (exact) mass is 526 g/mol. The Morgan fingerprint density at radius 2 is 1.75 bits per heavy atom. The van der Waals surface area contributed by atoms with E-state index in [1.807, 2.05) is 0 Å². The van der Waals surface area contributed by atoms with Gasteiger partial charge in [-0.2, -0.15) is 13.2 Å². The number of carboxylic acid groups (broad SMARTS) is 2. The van der Waals surface area contributed by atoms with E-state index in [4.69, 9.17) is 20.7 Å². The molecule has 0 saturated carbocycles. The summed E-state index contributed by atoms with van der Waals surface area (Å²) in [5.41, 5.74) is 6.34. The number of hydrogen-bond acceptors (Lipinski definition) is 6. The molecule has 7 N–H and O–H groups in total. The molecule has 1 fully saturated rings. The Bertz CT molecular complexity index is 1180. The number of carbonyl (C=O) groups excluding carboxylic acids is 2. The first-order valence-corrected chi connectivity index (χ1v) is 11.1. The van der Waals surface area contributed by atoms with E-state index in [1.165, 1.54) is 12.1 Å². The fourth-order valence-electron chi connectivity index (χ4n) is 2.90. The van der Waals surface area contributed by atoms with Gasteiger partial charge in [-0.1, -0.05) is 11.8 Å². The van der Waals surface area contributed by atoms with Crippen LogP contribution in [0.15, 0.2) is 30.3 Å². The first-order chi connectivity index (χ1) is 16.9. The lowest BCUT2D eigenvalue weighted by molar-refractivity contribution is -0.192. The number of nitrogens with two attached hydrogens (primary N) is 1. The Morgan fingerprint density at radius 3 is 2.25 bits per heavy atom. The van der Waals surface area contributed by atoms with Crippen LogP contribution < -0.4 is 21.7 Å². The molecule has 0 bridgehead atoms. The summed E-state index contributed by atoms with van der Waals surface area (Å²) in [6.45, 7) is 1.64. The number of anilines is 1. The molecule has 1 aromatic carbocycles. The number of piperidine rings is 1. The summed E-state index contributed by atoms with van der Waals surface area (Å²) in [4.78, 5) is 44.7. The molecule has 0 spiro atoms. The van der Waals surface area contributed by atoms with Crippen LogP contribution in [0.3, 0.4) is 0 Å². The number of primary amides is 1. The van der Waals surface area contributed by atoms with Crippen LogP contribution in [0.2, 0.25) is 0 Å². The zero-order valence-electron chi connectivity index (χ0n) is 18.4. The van der Waals surface area contributed by atoms with Gasteiger partial charge in [0.15, 0.2) is 0 Å². The SMILES string of the molecule is NC(=O)Nc1cc(C#Cc2ccc(C(=O)O)cc2)sc1C(=O)N[C@H]1CCCNC1.O=C(O)C(F)(F)F. The van der Waals surface area contributed by atoms with Crippen molar-refractivity contribution in [2.45, 2.75) is 25.1 Å². The molecule has 0 radical (unpaired) electrons. The maximum atomic E-state index is 12.7. The van der Waals surface area contributed by atoms with Crippen LogP contribution in [0, 0.1) is 11.8 Å². The van der Waals surface area contributed by atoms with Crippen LogP contribution in [0.5, 0.6) is 0 Å². The predicted molar refractivity (Wildman–Crippen MR) is 124 cm³/mol. The molecule has 1 atom stereocenters. The molecule has 1 aromatic heterocycles. The number of halogens is 3. The summed E-state index contributed by atoms with van der Waals surface area (Å²) in [6.07, 6.45) is -3.21. The van der Waals surface area contributed by atoms with Gasteiger partial charge in [-0.25, -0.2) is 14.4 Å². The zero-order valence-corrected chi connectivity index (χ0v) is 19.3. The molecule has 3 amide bonds. The molecule has 1 aliphatic rings. The van der Waals surface area contributed by atoms with Gasteiger partial charge in [0.1, 0.15) is 4.88 Å². The standard InChI is InChI=1S/C20H20N4O4S.C2HF3O2/c21-20(28)24-16-10-15(8-5-12-3-6-13(7-4-12)19(26)27)29-17(16)18(25)23-14-2-1-9-22-11-14;3-2(4,5)1(6)7/h3-4,6-7,10,14,22H,1-2,9,11H2,(H,23,25)(H,26,27)(H3,21,24,28);(H,6,7)/t14-;/m0./s1. The molecule has 2 aromatic rings. The van der Waals surface area contributed by atoms with E-state index >= 15 is 0 Å². The number of thiophene rings is 1. The van der Waals surface area contributed by atoms with Crippen molar-refractivity contribution in [1.29, 1.82) is 0 Å². The van der Waals surface area contributed by atoms with Crippen LogP contribution in [0.25, 0.3) is 0 Å². The van der Waals surface area contributed by atoms with Crippen molar-refractivity contribution < 1.29 is 42.6 Å². The van der Waals surface area contributed by atoms with E-state index in [2.05, 4.69) is 27.8 Å². The van der Waals surface area contributed by atoms with Gasteiger partial charge < -0.3 is 31.9 Å². The van der Waals surface area contributed by atoms with Gasteiger partial charge in [0, 0.05) is 18.2 Å². The van der Waals surface area contributed by atoms with E-state index in [0.29, 0.717) is 27.5 Å². The third kappa shape index (κ3) is 8.93. The molecule has 1 saturated heterocycles. The predicted octanol–water partition coefficient (Wildman–Crippen LogP) is 2.45. The second-order valence-corrected chi connectivity index (χ2v) is 8.35. The minimum atomic E-state index is -5.08. The summed E-state index contributed by atoms with van der Waals surface area (Å²) in [7, 11) is 0. The molecule has 2 heterocycles. The van der Waals surface area contributed by atoms with Gasteiger partial charge >= 0.3 is 24.1 Å². The number of carboxylic acids is 2. The molecular weight excluding hydrogens is 505 g/mol. The highest BCUT2D eigenvalue weighted by Crippen LogP contribution is 2.27. The van der Waals surface area contributed by atoms with Crippen molar-refractivity contribution in [2.24, 2.45) is 5.73 Å². The van der Waals surface area contributed by atoms with Crippen molar-refractivity contribution >= 4 is 40.9 Å². The number of aliphatic carboxylic acids is 1. The van der Waals surface area contributed by atoms with Crippen LogP contribution >= 0.6 is 11.3 Å². The van der Waals surface area contributed by atoms with Gasteiger partial charge in [0.05, 0.1) is 16.1 Å². The quantitative estimate of drug-likeness (QED) is 0.332. The smallest absolute Gasteiger partial charge is 0.478 e. The van der Waals surface area contributed by atoms with Crippen LogP contribution in [0.4, 0.5) is 23.7 Å². The lowest BCUT2D eigenvalue weighted by Crippen LogP contribution is -2.45. The second kappa shape index (κ2) is 12.6. The summed E-state index contributed by atoms with van der Waals surface area (Å²) >= 11 is 1.16. The van der Waals surface area contributed by atoms with Crippen molar-refractivity contribution in [3.63, 3.8) is 0 Å². The van der Waals surface area contributed by atoms with E-state index < -0.39 is 24.1 Å². The molecule has 14 heteroatoms. The van der Waals surface area contributed by atoms with Gasteiger partial charge in [0.25, 0.3) is 5.91 Å². The molecular formula is C22H21F3N4O6S. The Balaban J connectivity index is 0.000000572. The number of aromatic carboxylic acids is 1. The fourth-order valence-corrected chi connectivity index (χ4v) is 3.77. The van der Waals surface area contributed by atoms with Crippen LogP contribution in [-0.4, -0.2) is 59.4 Å². The number of urea groups is 1. The van der Waals surface area contributed by atoms with Gasteiger partial charge in [0.2, 0.25) is 0 Å². The number of alkyl halides is 3. The van der Waals surface area contributed by atoms with Crippen LogP contribution in [-0.2, 0) is 4.79 Å². The fraction of sp³-hybridized carbons (Fsp3) is 0.273. The number of rotatable bonds is 4. The number of nitrogens with one attached hydrogen (secondary N) is 3. The lowest BCUT2D eigenvalue weighted by Gasteiger charge is -2.23. The summed E-state index contributed by atoms with van der Waals surface area (Å²) in [5.74, 6) is 1.81.